The number of pyridine rings is 1. The van der Waals surface area contributed by atoms with Crippen molar-refractivity contribution in [3.63, 3.8) is 0 Å². The number of hydrogen-bond acceptors (Lipinski definition) is 7. The molecule has 2 fully saturated rings. The van der Waals surface area contributed by atoms with Gasteiger partial charge in [0.2, 0.25) is 0 Å². The summed E-state index contributed by atoms with van der Waals surface area (Å²) in [6.07, 6.45) is 7.05. The lowest BCUT2D eigenvalue weighted by Crippen LogP contribution is -2.43. The first kappa shape index (κ1) is 23.7. The van der Waals surface area contributed by atoms with E-state index in [9.17, 15) is 4.39 Å². The molecule has 2 saturated heterocycles. The summed E-state index contributed by atoms with van der Waals surface area (Å²) in [6, 6.07) is 7.57. The van der Waals surface area contributed by atoms with Gasteiger partial charge in [-0.05, 0) is 51.8 Å². The summed E-state index contributed by atoms with van der Waals surface area (Å²) < 4.78 is 42.6. The molecule has 0 aliphatic carbocycles. The van der Waals surface area contributed by atoms with Gasteiger partial charge in [0.25, 0.3) is 0 Å². The number of hydrogen-bond donors (Lipinski definition) is 0. The first-order valence-electron chi connectivity index (χ1n) is 12.5. The Labute approximate surface area is 213 Å². The molecule has 6 rings (SSSR count). The molecule has 2 unspecified atom stereocenters. The van der Waals surface area contributed by atoms with E-state index in [1.54, 1.807) is 17.6 Å². The number of benzene rings is 1. The van der Waals surface area contributed by atoms with Gasteiger partial charge >= 0.3 is 6.01 Å². The third-order valence-electron chi connectivity index (χ3n) is 7.60. The van der Waals surface area contributed by atoms with Crippen molar-refractivity contribution in [3.05, 3.63) is 59.6 Å². The summed E-state index contributed by atoms with van der Waals surface area (Å²) in [4.78, 5) is 19.9. The lowest BCUT2D eigenvalue weighted by Gasteiger charge is -2.36. The summed E-state index contributed by atoms with van der Waals surface area (Å²) in [5, 5.41) is 0. The number of piperidine rings is 1. The van der Waals surface area contributed by atoms with Crippen LogP contribution in [0.25, 0.3) is 22.6 Å². The maximum atomic E-state index is 15.4. The summed E-state index contributed by atoms with van der Waals surface area (Å²) >= 11 is 0. The standard InChI is InChI=1S/C27H28F2N6O2/c1-15-24-26(33-27(31-15)36-3)35(25(32-24)17-8-18(28)13-30-12-17)14-16-4-7-21(11-23(16)29)37-22-9-19-5-6-20(10-22)34(19)2/h4,7-8,11-13,19-20,22H,5-6,9-10,14H2,1-3H3. The quantitative estimate of drug-likeness (QED) is 0.380. The second-order valence-corrected chi connectivity index (χ2v) is 9.90. The Hall–Kier alpha value is -3.66. The van der Waals surface area contributed by atoms with Gasteiger partial charge in [-0.25, -0.2) is 13.8 Å². The van der Waals surface area contributed by atoms with Gasteiger partial charge in [0.05, 0.1) is 25.5 Å². The Morgan fingerprint density at radius 2 is 1.81 bits per heavy atom. The molecular formula is C27H28F2N6O2. The maximum absolute atomic E-state index is 15.4. The SMILES string of the molecule is COc1nc(C)c2nc(-c3cncc(F)c3)n(Cc3ccc(OC4CC5CCC(C4)N5C)cc3F)c2n1. The number of methoxy groups -OCH3 is 1. The molecule has 10 heteroatoms. The first-order chi connectivity index (χ1) is 17.9. The Balaban J connectivity index is 1.33. The Kier molecular flexibility index (Phi) is 5.98. The zero-order valence-corrected chi connectivity index (χ0v) is 21.0. The number of imidazole rings is 1. The van der Waals surface area contributed by atoms with Crippen molar-refractivity contribution in [1.82, 2.24) is 29.4 Å². The normalized spacial score (nSPS) is 21.5. The number of fused-ring (bicyclic) bond motifs is 3. The first-order valence-corrected chi connectivity index (χ1v) is 12.5. The van der Waals surface area contributed by atoms with Crippen LogP contribution in [0.5, 0.6) is 11.8 Å². The van der Waals surface area contributed by atoms with Crippen LogP contribution in [0.15, 0.2) is 36.7 Å². The minimum Gasteiger partial charge on any atom is -0.490 e. The molecule has 2 atom stereocenters. The average molecular weight is 507 g/mol. The molecule has 4 aromatic rings. The van der Waals surface area contributed by atoms with Crippen LogP contribution in [0.2, 0.25) is 0 Å². The van der Waals surface area contributed by atoms with Crippen LogP contribution in [-0.4, -0.2) is 61.7 Å². The van der Waals surface area contributed by atoms with Gasteiger partial charge in [-0.1, -0.05) is 6.07 Å². The molecular weight excluding hydrogens is 478 g/mol. The number of aromatic nitrogens is 5. The second-order valence-electron chi connectivity index (χ2n) is 9.90. The number of halogens is 2. The van der Waals surface area contributed by atoms with E-state index in [4.69, 9.17) is 9.47 Å². The van der Waals surface area contributed by atoms with Crippen molar-refractivity contribution in [2.24, 2.45) is 0 Å². The van der Waals surface area contributed by atoms with E-state index in [1.165, 1.54) is 38.3 Å². The van der Waals surface area contributed by atoms with Gasteiger partial charge in [-0.3, -0.25) is 4.98 Å². The number of rotatable bonds is 6. The summed E-state index contributed by atoms with van der Waals surface area (Å²) in [5.41, 5.74) is 2.47. The van der Waals surface area contributed by atoms with Crippen LogP contribution < -0.4 is 9.47 Å². The minimum absolute atomic E-state index is 0.0933. The fourth-order valence-corrected chi connectivity index (χ4v) is 5.66. The molecule has 0 spiro atoms. The molecule has 0 saturated carbocycles. The predicted molar refractivity (Wildman–Crippen MR) is 134 cm³/mol. The molecule has 1 aromatic carbocycles. The lowest BCUT2D eigenvalue weighted by atomic mass is 10.0. The maximum Gasteiger partial charge on any atom is 0.318 e. The topological polar surface area (TPSA) is 78.2 Å². The fraction of sp³-hybridized carbons (Fsp3) is 0.407. The highest BCUT2D eigenvalue weighted by Crippen LogP contribution is 2.36. The highest BCUT2D eigenvalue weighted by atomic mass is 19.1. The second kappa shape index (κ2) is 9.33. The molecule has 0 amide bonds. The van der Waals surface area contributed by atoms with E-state index < -0.39 is 11.6 Å². The fourth-order valence-electron chi connectivity index (χ4n) is 5.66. The molecule has 8 nitrogen and oxygen atoms in total. The van der Waals surface area contributed by atoms with Gasteiger partial charge in [0.15, 0.2) is 5.65 Å². The molecule has 0 N–H and O–H groups in total. The van der Waals surface area contributed by atoms with Crippen molar-refractivity contribution < 1.29 is 18.3 Å². The molecule has 2 bridgehead atoms. The molecule has 3 aromatic heterocycles. The molecule has 2 aliphatic rings. The van der Waals surface area contributed by atoms with Crippen molar-refractivity contribution in [2.75, 3.05) is 14.2 Å². The molecule has 37 heavy (non-hydrogen) atoms. The number of ether oxygens (including phenoxy) is 2. The van der Waals surface area contributed by atoms with Crippen molar-refractivity contribution in [3.8, 4) is 23.1 Å². The van der Waals surface area contributed by atoms with Crippen molar-refractivity contribution in [1.29, 1.82) is 0 Å². The monoisotopic (exact) mass is 506 g/mol. The largest absolute Gasteiger partial charge is 0.490 e. The van der Waals surface area contributed by atoms with Crippen LogP contribution in [0.3, 0.4) is 0 Å². The van der Waals surface area contributed by atoms with Crippen LogP contribution in [0, 0.1) is 18.6 Å². The predicted octanol–water partition coefficient (Wildman–Crippen LogP) is 4.54. The molecule has 0 radical (unpaired) electrons. The van der Waals surface area contributed by atoms with E-state index in [0.29, 0.717) is 51.6 Å². The highest BCUT2D eigenvalue weighted by molar-refractivity contribution is 5.79. The summed E-state index contributed by atoms with van der Waals surface area (Å²) in [7, 11) is 3.66. The van der Waals surface area contributed by atoms with Crippen molar-refractivity contribution >= 4 is 11.2 Å². The molecule has 2 aliphatic heterocycles. The number of nitrogens with zero attached hydrogens (tertiary/aromatic N) is 6. The average Bonchev–Trinajstić information content (AvgIpc) is 3.32. The van der Waals surface area contributed by atoms with Gasteiger partial charge < -0.3 is 18.9 Å². The lowest BCUT2D eigenvalue weighted by molar-refractivity contribution is 0.0659. The van der Waals surface area contributed by atoms with E-state index in [0.717, 1.165) is 19.0 Å². The van der Waals surface area contributed by atoms with Gasteiger partial charge in [0, 0.05) is 35.5 Å². The number of aryl methyl sites for hydroxylation is 1. The van der Waals surface area contributed by atoms with Crippen molar-refractivity contribution in [2.45, 2.75) is 57.3 Å². The van der Waals surface area contributed by atoms with Crippen LogP contribution in [0.4, 0.5) is 8.78 Å². The Morgan fingerprint density at radius 3 is 2.51 bits per heavy atom. The van der Waals surface area contributed by atoms with E-state index in [2.05, 4.69) is 31.9 Å². The van der Waals surface area contributed by atoms with E-state index in [1.807, 2.05) is 6.07 Å². The van der Waals surface area contributed by atoms with Crippen LogP contribution in [0.1, 0.15) is 36.9 Å². The van der Waals surface area contributed by atoms with Gasteiger partial charge in [-0.15, -0.1) is 0 Å². The Bertz CT molecular complexity index is 1460. The minimum atomic E-state index is -0.494. The third-order valence-corrected chi connectivity index (χ3v) is 7.60. The summed E-state index contributed by atoms with van der Waals surface area (Å²) in [5.74, 6) is 0.0529. The third kappa shape index (κ3) is 4.39. The molecule has 192 valence electrons. The summed E-state index contributed by atoms with van der Waals surface area (Å²) in [6.45, 7) is 1.91. The highest BCUT2D eigenvalue weighted by Gasteiger charge is 2.39. The van der Waals surface area contributed by atoms with E-state index in [-0.39, 0.29) is 18.7 Å². The Morgan fingerprint density at radius 1 is 1.03 bits per heavy atom. The zero-order valence-electron chi connectivity index (χ0n) is 21.0. The van der Waals surface area contributed by atoms with Crippen LogP contribution >= 0.6 is 0 Å². The van der Waals surface area contributed by atoms with Gasteiger partial charge in [-0.2, -0.15) is 9.97 Å². The molecule has 5 heterocycles. The zero-order chi connectivity index (χ0) is 25.7. The smallest absolute Gasteiger partial charge is 0.318 e. The van der Waals surface area contributed by atoms with Crippen LogP contribution in [-0.2, 0) is 6.54 Å². The van der Waals surface area contributed by atoms with Gasteiger partial charge in [0.1, 0.15) is 34.8 Å². The van der Waals surface area contributed by atoms with E-state index >= 15 is 4.39 Å².